The number of rotatable bonds is 3. The molecule has 1 aromatic carbocycles. The van der Waals surface area contributed by atoms with Crippen molar-refractivity contribution in [2.45, 2.75) is 0 Å². The molecule has 0 saturated heterocycles. The third-order valence-electron chi connectivity index (χ3n) is 2.79. The van der Waals surface area contributed by atoms with Crippen molar-refractivity contribution in [3.8, 4) is 11.1 Å². The van der Waals surface area contributed by atoms with Crippen LogP contribution >= 0.6 is 23.6 Å². The van der Waals surface area contributed by atoms with Gasteiger partial charge in [-0.3, -0.25) is 0 Å². The number of esters is 1. The van der Waals surface area contributed by atoms with E-state index in [1.54, 1.807) is 24.6 Å². The van der Waals surface area contributed by atoms with Gasteiger partial charge >= 0.3 is 5.97 Å². The molecule has 0 aliphatic heterocycles. The van der Waals surface area contributed by atoms with Crippen LogP contribution in [0.2, 0.25) is 0 Å². The maximum atomic E-state index is 13.0. The van der Waals surface area contributed by atoms with Crippen LogP contribution in [0.3, 0.4) is 0 Å². The molecule has 1 aromatic heterocycles. The Labute approximate surface area is 130 Å². The first kappa shape index (κ1) is 15.4. The van der Waals surface area contributed by atoms with Crippen molar-refractivity contribution < 1.29 is 13.9 Å². The summed E-state index contributed by atoms with van der Waals surface area (Å²) in [7, 11) is 3.00. The number of carbonyl (C=O) groups is 1. The minimum atomic E-state index is -0.475. The van der Waals surface area contributed by atoms with Gasteiger partial charge in [0.15, 0.2) is 5.11 Å². The maximum Gasteiger partial charge on any atom is 0.341 e. The van der Waals surface area contributed by atoms with Crippen LogP contribution in [-0.2, 0) is 4.74 Å². The van der Waals surface area contributed by atoms with E-state index in [-0.39, 0.29) is 5.82 Å². The van der Waals surface area contributed by atoms with Crippen molar-refractivity contribution in [2.24, 2.45) is 0 Å². The van der Waals surface area contributed by atoms with Crippen LogP contribution in [0, 0.1) is 5.82 Å². The molecular formula is C14H13FN2O2S2. The minimum absolute atomic E-state index is 0.330. The van der Waals surface area contributed by atoms with E-state index in [9.17, 15) is 9.18 Å². The van der Waals surface area contributed by atoms with Crippen molar-refractivity contribution >= 4 is 39.6 Å². The van der Waals surface area contributed by atoms with Gasteiger partial charge in [0.1, 0.15) is 16.4 Å². The van der Waals surface area contributed by atoms with E-state index in [4.69, 9.17) is 17.0 Å². The Balaban J connectivity index is 2.48. The van der Waals surface area contributed by atoms with Crippen LogP contribution in [0.5, 0.6) is 0 Å². The van der Waals surface area contributed by atoms with Gasteiger partial charge in [0.05, 0.1) is 7.11 Å². The van der Waals surface area contributed by atoms with Crippen LogP contribution < -0.4 is 10.6 Å². The largest absolute Gasteiger partial charge is 0.465 e. The highest BCUT2D eigenvalue weighted by Gasteiger charge is 2.21. The summed E-state index contributed by atoms with van der Waals surface area (Å²) >= 11 is 6.37. The number of benzene rings is 1. The second-order valence-electron chi connectivity index (χ2n) is 4.06. The number of hydrogen-bond acceptors (Lipinski definition) is 4. The highest BCUT2D eigenvalue weighted by molar-refractivity contribution is 7.80. The van der Waals surface area contributed by atoms with Crippen molar-refractivity contribution in [2.75, 3.05) is 19.5 Å². The number of thiophene rings is 1. The number of carbonyl (C=O) groups excluding carboxylic acids is 1. The van der Waals surface area contributed by atoms with E-state index in [2.05, 4.69) is 10.6 Å². The number of anilines is 1. The second-order valence-corrected chi connectivity index (χ2v) is 5.34. The molecule has 0 aliphatic carbocycles. The lowest BCUT2D eigenvalue weighted by atomic mass is 10.0. The van der Waals surface area contributed by atoms with Crippen LogP contribution in [0.1, 0.15) is 10.4 Å². The molecule has 4 nitrogen and oxygen atoms in total. The molecule has 110 valence electrons. The quantitative estimate of drug-likeness (QED) is 0.670. The Hall–Kier alpha value is -1.99. The molecule has 1 heterocycles. The number of methoxy groups -OCH3 is 1. The van der Waals surface area contributed by atoms with Crippen molar-refractivity contribution in [3.05, 3.63) is 41.0 Å². The number of thiocarbonyl (C=S) groups is 1. The molecule has 0 aliphatic rings. The Morgan fingerprint density at radius 2 is 2.00 bits per heavy atom. The lowest BCUT2D eigenvalue weighted by Crippen LogP contribution is -2.24. The van der Waals surface area contributed by atoms with E-state index in [0.29, 0.717) is 21.2 Å². The Morgan fingerprint density at radius 1 is 1.33 bits per heavy atom. The summed E-state index contributed by atoms with van der Waals surface area (Å²) in [4.78, 5) is 12.0. The highest BCUT2D eigenvalue weighted by atomic mass is 32.1. The fraction of sp³-hybridized carbons (Fsp3) is 0.143. The van der Waals surface area contributed by atoms with Gasteiger partial charge in [0.2, 0.25) is 0 Å². The SMILES string of the molecule is CNC(=S)Nc1scc(-c2ccc(F)cc2)c1C(=O)OC. The molecule has 2 N–H and O–H groups in total. The molecule has 0 fully saturated rings. The molecule has 0 unspecified atom stereocenters. The first-order chi connectivity index (χ1) is 10.1. The highest BCUT2D eigenvalue weighted by Crippen LogP contribution is 2.36. The van der Waals surface area contributed by atoms with Gasteiger partial charge in [0, 0.05) is 18.0 Å². The zero-order valence-corrected chi connectivity index (χ0v) is 13.0. The summed E-state index contributed by atoms with van der Waals surface area (Å²) in [5.41, 5.74) is 1.79. The molecule has 2 rings (SSSR count). The molecule has 0 atom stereocenters. The predicted molar refractivity (Wildman–Crippen MR) is 86.3 cm³/mol. The summed E-state index contributed by atoms with van der Waals surface area (Å²) in [5, 5.41) is 8.51. The summed E-state index contributed by atoms with van der Waals surface area (Å²) in [6.07, 6.45) is 0. The first-order valence-electron chi connectivity index (χ1n) is 6.01. The van der Waals surface area contributed by atoms with Crippen molar-refractivity contribution in [1.82, 2.24) is 5.32 Å². The average Bonchev–Trinajstić information content (AvgIpc) is 2.90. The van der Waals surface area contributed by atoms with E-state index in [0.717, 1.165) is 5.56 Å². The average molecular weight is 324 g/mol. The van der Waals surface area contributed by atoms with Crippen molar-refractivity contribution in [3.63, 3.8) is 0 Å². The summed E-state index contributed by atoms with van der Waals surface area (Å²) in [5.74, 6) is -0.805. The predicted octanol–water partition coefficient (Wildman–Crippen LogP) is 3.26. The molecule has 7 heteroatoms. The van der Waals surface area contributed by atoms with Gasteiger partial charge in [-0.15, -0.1) is 11.3 Å². The van der Waals surface area contributed by atoms with Gasteiger partial charge in [-0.05, 0) is 29.9 Å². The van der Waals surface area contributed by atoms with Crippen LogP contribution in [0.4, 0.5) is 9.39 Å². The standard InChI is InChI=1S/C14H13FN2O2S2/c1-16-14(20)17-12-11(13(18)19-2)10(7-21-12)8-3-5-9(15)6-4-8/h3-7H,1-2H3,(H2,16,17,20). The van der Waals surface area contributed by atoms with Crippen LogP contribution in [0.15, 0.2) is 29.6 Å². The fourth-order valence-electron chi connectivity index (χ4n) is 1.76. The molecule has 21 heavy (non-hydrogen) atoms. The normalized spacial score (nSPS) is 10.0. The summed E-state index contributed by atoms with van der Waals surface area (Å²) in [6, 6.07) is 5.92. The summed E-state index contributed by atoms with van der Waals surface area (Å²) in [6.45, 7) is 0. The fourth-order valence-corrected chi connectivity index (χ4v) is 2.89. The smallest absolute Gasteiger partial charge is 0.341 e. The van der Waals surface area contributed by atoms with Gasteiger partial charge in [-0.1, -0.05) is 12.1 Å². The Bertz CT molecular complexity index is 668. The molecule has 0 spiro atoms. The topological polar surface area (TPSA) is 50.4 Å². The van der Waals surface area contributed by atoms with E-state index in [1.165, 1.54) is 30.6 Å². The maximum absolute atomic E-state index is 13.0. The van der Waals surface area contributed by atoms with Crippen molar-refractivity contribution in [1.29, 1.82) is 0 Å². The van der Waals surface area contributed by atoms with E-state index >= 15 is 0 Å². The van der Waals surface area contributed by atoms with Gasteiger partial charge in [-0.2, -0.15) is 0 Å². The van der Waals surface area contributed by atoms with Gasteiger partial charge in [0.25, 0.3) is 0 Å². The number of hydrogen-bond donors (Lipinski definition) is 2. The minimum Gasteiger partial charge on any atom is -0.465 e. The van der Waals surface area contributed by atoms with Crippen LogP contribution in [0.25, 0.3) is 11.1 Å². The lowest BCUT2D eigenvalue weighted by molar-refractivity contribution is 0.0603. The Morgan fingerprint density at radius 3 is 2.57 bits per heavy atom. The molecule has 0 saturated carbocycles. The van der Waals surface area contributed by atoms with E-state index < -0.39 is 5.97 Å². The molecule has 0 amide bonds. The van der Waals surface area contributed by atoms with E-state index in [1.807, 2.05) is 0 Å². The second kappa shape index (κ2) is 6.64. The number of halogens is 1. The summed E-state index contributed by atoms with van der Waals surface area (Å²) < 4.78 is 17.9. The lowest BCUT2D eigenvalue weighted by Gasteiger charge is -2.08. The third-order valence-corrected chi connectivity index (χ3v) is 3.99. The number of nitrogens with one attached hydrogen (secondary N) is 2. The zero-order chi connectivity index (χ0) is 15.4. The van der Waals surface area contributed by atoms with Gasteiger partial charge < -0.3 is 15.4 Å². The van der Waals surface area contributed by atoms with Gasteiger partial charge in [-0.25, -0.2) is 9.18 Å². The number of ether oxygens (including phenoxy) is 1. The molecule has 0 bridgehead atoms. The zero-order valence-electron chi connectivity index (χ0n) is 11.4. The monoisotopic (exact) mass is 324 g/mol. The molecular weight excluding hydrogens is 311 g/mol. The molecule has 2 aromatic rings. The van der Waals surface area contributed by atoms with Crippen LogP contribution in [-0.4, -0.2) is 25.2 Å². The first-order valence-corrected chi connectivity index (χ1v) is 7.30. The molecule has 0 radical (unpaired) electrons. The third kappa shape index (κ3) is 3.37. The Kier molecular flexibility index (Phi) is 4.87.